The van der Waals surface area contributed by atoms with Gasteiger partial charge in [0.2, 0.25) is 0 Å². The molecule has 1 amide bonds. The molecule has 0 spiro atoms. The molecule has 0 aromatic heterocycles. The van der Waals surface area contributed by atoms with Crippen molar-refractivity contribution >= 4 is 23.3 Å². The Morgan fingerprint density at radius 2 is 1.92 bits per heavy atom. The molecule has 0 radical (unpaired) electrons. The van der Waals surface area contributed by atoms with Gasteiger partial charge in [-0.2, -0.15) is 0 Å². The molecule has 1 aromatic carbocycles. The van der Waals surface area contributed by atoms with E-state index in [9.17, 15) is 9.18 Å². The molecule has 0 atom stereocenters. The number of amides is 1. The van der Waals surface area contributed by atoms with Crippen molar-refractivity contribution < 1.29 is 13.9 Å². The van der Waals surface area contributed by atoms with Gasteiger partial charge in [-0.15, -0.1) is 0 Å². The minimum absolute atomic E-state index is 0.175. The molecule has 1 aromatic rings. The molecule has 0 fully saturated rings. The van der Waals surface area contributed by atoms with Crippen LogP contribution in [0, 0.1) is 0 Å². The number of hydrogen-bond donors (Lipinski definition) is 2. The van der Waals surface area contributed by atoms with Gasteiger partial charge in [-0.1, -0.05) is 13.0 Å². The van der Waals surface area contributed by atoms with Crippen molar-refractivity contribution in [3.63, 3.8) is 0 Å². The summed E-state index contributed by atoms with van der Waals surface area (Å²) in [7, 11) is 0. The number of halogens is 1. The van der Waals surface area contributed by atoms with Gasteiger partial charge in [-0.25, -0.2) is 9.18 Å². The van der Waals surface area contributed by atoms with E-state index in [1.54, 1.807) is 52.0 Å². The van der Waals surface area contributed by atoms with E-state index in [1.807, 2.05) is 6.92 Å². The lowest BCUT2D eigenvalue weighted by molar-refractivity contribution is 0.0636. The van der Waals surface area contributed by atoms with Gasteiger partial charge in [-0.3, -0.25) is 10.3 Å². The van der Waals surface area contributed by atoms with Crippen LogP contribution in [0.4, 0.5) is 20.6 Å². The van der Waals surface area contributed by atoms with E-state index in [-0.39, 0.29) is 5.84 Å². The number of anilines is 2. The number of carbonyl (C=O) groups excluding carboxylic acids is 1. The molecule has 0 aliphatic carbocycles. The fourth-order valence-electron chi connectivity index (χ4n) is 1.77. The van der Waals surface area contributed by atoms with Crippen LogP contribution in [0.25, 0.3) is 0 Å². The van der Waals surface area contributed by atoms with Crippen LogP contribution in [0.15, 0.2) is 41.2 Å². The second kappa shape index (κ2) is 9.05. The van der Waals surface area contributed by atoms with Crippen molar-refractivity contribution in [2.75, 3.05) is 17.2 Å². The zero-order valence-corrected chi connectivity index (χ0v) is 14.9. The van der Waals surface area contributed by atoms with Gasteiger partial charge in [0.15, 0.2) is 11.7 Å². The van der Waals surface area contributed by atoms with E-state index in [4.69, 9.17) is 4.74 Å². The van der Waals surface area contributed by atoms with Crippen molar-refractivity contribution in [1.29, 1.82) is 0 Å². The van der Waals surface area contributed by atoms with Gasteiger partial charge in [0.25, 0.3) is 0 Å². The van der Waals surface area contributed by atoms with Crippen molar-refractivity contribution in [3.05, 3.63) is 36.2 Å². The number of carbonyl (C=O) groups is 1. The number of nitrogens with one attached hydrogen (secondary N) is 2. The number of rotatable bonds is 5. The fourth-order valence-corrected chi connectivity index (χ4v) is 1.77. The predicted molar refractivity (Wildman–Crippen MR) is 97.4 cm³/mol. The molecule has 0 unspecified atom stereocenters. The molecule has 1 rings (SSSR count). The summed E-state index contributed by atoms with van der Waals surface area (Å²) in [4.78, 5) is 16.0. The largest absolute Gasteiger partial charge is 0.444 e. The van der Waals surface area contributed by atoms with E-state index in [1.165, 1.54) is 6.08 Å². The molecule has 0 saturated carbocycles. The molecule has 5 nitrogen and oxygen atoms in total. The van der Waals surface area contributed by atoms with E-state index in [0.717, 1.165) is 6.42 Å². The summed E-state index contributed by atoms with van der Waals surface area (Å²) in [5.74, 6) is -0.247. The Kier molecular flexibility index (Phi) is 7.42. The lowest BCUT2D eigenvalue weighted by Gasteiger charge is -2.19. The van der Waals surface area contributed by atoms with Crippen LogP contribution < -0.4 is 10.6 Å². The molecule has 6 heteroatoms. The van der Waals surface area contributed by atoms with E-state index < -0.39 is 17.5 Å². The Labute approximate surface area is 143 Å². The first-order valence-corrected chi connectivity index (χ1v) is 7.99. The lowest BCUT2D eigenvalue weighted by Crippen LogP contribution is -2.27. The Morgan fingerprint density at radius 3 is 2.46 bits per heavy atom. The first-order valence-electron chi connectivity index (χ1n) is 7.99. The molecule has 2 N–H and O–H groups in total. The quantitative estimate of drug-likeness (QED) is 0.579. The van der Waals surface area contributed by atoms with Crippen LogP contribution in [0.5, 0.6) is 0 Å². The number of benzene rings is 1. The molecule has 0 aliphatic rings. The normalized spacial score (nSPS) is 12.8. The Balaban J connectivity index is 2.85. The number of aliphatic imine (C=N–C) groups is 1. The van der Waals surface area contributed by atoms with E-state index in [0.29, 0.717) is 17.9 Å². The van der Waals surface area contributed by atoms with Gasteiger partial charge in [0.05, 0.1) is 0 Å². The van der Waals surface area contributed by atoms with Crippen LogP contribution in [-0.2, 0) is 4.74 Å². The third-order valence-electron chi connectivity index (χ3n) is 2.74. The Hall–Kier alpha value is -2.37. The minimum Gasteiger partial charge on any atom is -0.444 e. The average molecular weight is 335 g/mol. The summed E-state index contributed by atoms with van der Waals surface area (Å²) in [6.07, 6.45) is 1.63. The van der Waals surface area contributed by atoms with Crippen molar-refractivity contribution in [1.82, 2.24) is 0 Å². The second-order valence-corrected chi connectivity index (χ2v) is 6.20. The third kappa shape index (κ3) is 7.26. The number of ether oxygens (including phenoxy) is 1. The highest BCUT2D eigenvalue weighted by Crippen LogP contribution is 2.18. The van der Waals surface area contributed by atoms with Crippen LogP contribution in [0.3, 0.4) is 0 Å². The second-order valence-electron chi connectivity index (χ2n) is 6.20. The Bertz CT molecular complexity index is 619. The van der Waals surface area contributed by atoms with Crippen molar-refractivity contribution in [2.45, 2.75) is 46.6 Å². The maximum atomic E-state index is 13.9. The molecule has 0 heterocycles. The maximum absolute atomic E-state index is 13.9. The number of hydrogen-bond acceptors (Lipinski definition) is 3. The van der Waals surface area contributed by atoms with Crippen LogP contribution >= 0.6 is 0 Å². The average Bonchev–Trinajstić information content (AvgIpc) is 2.49. The van der Waals surface area contributed by atoms with Gasteiger partial charge in [0, 0.05) is 17.9 Å². The van der Waals surface area contributed by atoms with Gasteiger partial charge < -0.3 is 10.1 Å². The molecule has 0 bridgehead atoms. The number of nitrogens with zero attached hydrogens (tertiary/aromatic N) is 1. The van der Waals surface area contributed by atoms with Gasteiger partial charge in [-0.05, 0) is 58.4 Å². The monoisotopic (exact) mass is 335 g/mol. The zero-order chi connectivity index (χ0) is 18.2. The summed E-state index contributed by atoms with van der Waals surface area (Å²) in [6.45, 7) is 9.49. The standard InChI is InChI=1S/C18H26FN3O2/c1-6-11-20-16(15(19)7-2)21-13-9-8-10-14(12-13)22-17(23)24-18(3,4)5/h7-10,12H,6,11H2,1-5H3,(H,20,21)(H,22,23). The predicted octanol–water partition coefficient (Wildman–Crippen LogP) is 5.13. The number of amidine groups is 1. The SMILES string of the molecule is CC=C(F)C(=NCCC)Nc1cccc(NC(=O)OC(C)(C)C)c1. The number of allylic oxidation sites excluding steroid dienone is 1. The molecule has 0 saturated heterocycles. The Morgan fingerprint density at radius 1 is 1.29 bits per heavy atom. The highest BCUT2D eigenvalue weighted by Gasteiger charge is 2.16. The summed E-state index contributed by atoms with van der Waals surface area (Å²) in [6, 6.07) is 6.93. The maximum Gasteiger partial charge on any atom is 0.412 e. The highest BCUT2D eigenvalue weighted by molar-refractivity contribution is 6.06. The molecule has 132 valence electrons. The highest BCUT2D eigenvalue weighted by atomic mass is 19.1. The van der Waals surface area contributed by atoms with Gasteiger partial charge >= 0.3 is 6.09 Å². The minimum atomic E-state index is -0.574. The third-order valence-corrected chi connectivity index (χ3v) is 2.74. The molecular formula is C18H26FN3O2. The summed E-state index contributed by atoms with van der Waals surface area (Å²) >= 11 is 0. The zero-order valence-electron chi connectivity index (χ0n) is 14.9. The van der Waals surface area contributed by atoms with Crippen LogP contribution in [0.2, 0.25) is 0 Å². The van der Waals surface area contributed by atoms with Crippen molar-refractivity contribution in [2.24, 2.45) is 4.99 Å². The summed E-state index contributed by atoms with van der Waals surface area (Å²) in [5, 5.41) is 5.59. The fraction of sp³-hybridized carbons (Fsp3) is 0.444. The summed E-state index contributed by atoms with van der Waals surface area (Å²) < 4.78 is 19.1. The summed E-state index contributed by atoms with van der Waals surface area (Å²) in [5.41, 5.74) is 0.593. The topological polar surface area (TPSA) is 62.7 Å². The van der Waals surface area contributed by atoms with Crippen LogP contribution in [0.1, 0.15) is 41.0 Å². The molecular weight excluding hydrogens is 309 g/mol. The van der Waals surface area contributed by atoms with E-state index in [2.05, 4.69) is 15.6 Å². The smallest absolute Gasteiger partial charge is 0.412 e. The van der Waals surface area contributed by atoms with Gasteiger partial charge in [0.1, 0.15) is 5.60 Å². The lowest BCUT2D eigenvalue weighted by atomic mass is 10.2. The first-order chi connectivity index (χ1) is 11.2. The first kappa shape index (κ1) is 19.7. The molecule has 0 aliphatic heterocycles. The van der Waals surface area contributed by atoms with E-state index >= 15 is 0 Å². The molecule has 24 heavy (non-hydrogen) atoms. The van der Waals surface area contributed by atoms with Crippen molar-refractivity contribution in [3.8, 4) is 0 Å². The van der Waals surface area contributed by atoms with Crippen LogP contribution in [-0.4, -0.2) is 24.1 Å².